The van der Waals surface area contributed by atoms with Crippen molar-refractivity contribution in [3.8, 4) is 9.75 Å². The standard InChI is InChI=1S/C9H7NO2S2/c1-5-7(6-3-2-4-13-6)14-8(10-5)9(11)12/h2-4H,1H3,(H,11,12). The number of aromatic nitrogens is 1. The summed E-state index contributed by atoms with van der Waals surface area (Å²) in [6.07, 6.45) is 0. The Hall–Kier alpha value is -1.20. The highest BCUT2D eigenvalue weighted by Crippen LogP contribution is 2.32. The van der Waals surface area contributed by atoms with Crippen molar-refractivity contribution in [1.29, 1.82) is 0 Å². The lowest BCUT2D eigenvalue weighted by atomic mass is 10.3. The topological polar surface area (TPSA) is 50.2 Å². The molecule has 0 unspecified atom stereocenters. The van der Waals surface area contributed by atoms with E-state index in [-0.39, 0.29) is 5.01 Å². The third kappa shape index (κ3) is 1.56. The molecule has 0 bridgehead atoms. The Bertz CT molecular complexity index is 459. The molecule has 0 saturated heterocycles. The molecule has 0 radical (unpaired) electrons. The van der Waals surface area contributed by atoms with Crippen LogP contribution in [0.4, 0.5) is 0 Å². The maximum atomic E-state index is 10.7. The summed E-state index contributed by atoms with van der Waals surface area (Å²) in [5.41, 5.74) is 0.787. The van der Waals surface area contributed by atoms with Crippen molar-refractivity contribution in [3.05, 3.63) is 28.2 Å². The average Bonchev–Trinajstić information content (AvgIpc) is 2.71. The zero-order valence-corrected chi connectivity index (χ0v) is 8.98. The van der Waals surface area contributed by atoms with Crippen molar-refractivity contribution >= 4 is 28.6 Å². The summed E-state index contributed by atoms with van der Waals surface area (Å²) in [4.78, 5) is 16.7. The SMILES string of the molecule is Cc1nc(C(=O)O)sc1-c1cccs1. The summed E-state index contributed by atoms with van der Waals surface area (Å²) in [7, 11) is 0. The number of thiazole rings is 1. The lowest BCUT2D eigenvalue weighted by Gasteiger charge is -1.89. The maximum Gasteiger partial charge on any atom is 0.365 e. The molecule has 2 heterocycles. The Kier molecular flexibility index (Phi) is 2.35. The molecular weight excluding hydrogens is 218 g/mol. The van der Waals surface area contributed by atoms with Crippen molar-refractivity contribution in [2.75, 3.05) is 0 Å². The number of aryl methyl sites for hydroxylation is 1. The molecule has 2 rings (SSSR count). The van der Waals surface area contributed by atoms with Crippen LogP contribution in [0.3, 0.4) is 0 Å². The van der Waals surface area contributed by atoms with E-state index in [1.54, 1.807) is 11.3 Å². The minimum absolute atomic E-state index is 0.158. The fourth-order valence-electron chi connectivity index (χ4n) is 1.12. The highest BCUT2D eigenvalue weighted by Gasteiger charge is 2.14. The molecule has 0 aliphatic carbocycles. The molecule has 0 amide bonds. The van der Waals surface area contributed by atoms with Gasteiger partial charge in [-0.15, -0.1) is 22.7 Å². The quantitative estimate of drug-likeness (QED) is 0.855. The smallest absolute Gasteiger partial charge is 0.365 e. The second-order valence-electron chi connectivity index (χ2n) is 2.72. The van der Waals surface area contributed by atoms with E-state index < -0.39 is 5.97 Å². The number of hydrogen-bond donors (Lipinski definition) is 1. The first-order valence-corrected chi connectivity index (χ1v) is 5.62. The van der Waals surface area contributed by atoms with Crippen molar-refractivity contribution in [1.82, 2.24) is 4.98 Å². The molecule has 72 valence electrons. The van der Waals surface area contributed by atoms with E-state index in [1.165, 1.54) is 11.3 Å². The van der Waals surface area contributed by atoms with Crippen LogP contribution in [0.25, 0.3) is 9.75 Å². The molecule has 5 heteroatoms. The highest BCUT2D eigenvalue weighted by atomic mass is 32.1. The van der Waals surface area contributed by atoms with Crippen LogP contribution in [0.15, 0.2) is 17.5 Å². The Morgan fingerprint density at radius 1 is 1.57 bits per heavy atom. The van der Waals surface area contributed by atoms with Crippen LogP contribution < -0.4 is 0 Å². The number of nitrogens with zero attached hydrogens (tertiary/aromatic N) is 1. The highest BCUT2D eigenvalue weighted by molar-refractivity contribution is 7.22. The molecule has 0 aliphatic heterocycles. The van der Waals surface area contributed by atoms with E-state index in [0.29, 0.717) is 0 Å². The number of carboxylic acids is 1. The van der Waals surface area contributed by atoms with Gasteiger partial charge >= 0.3 is 5.97 Å². The van der Waals surface area contributed by atoms with Crippen LogP contribution in [0.2, 0.25) is 0 Å². The third-order valence-electron chi connectivity index (χ3n) is 1.72. The van der Waals surface area contributed by atoms with Gasteiger partial charge in [-0.3, -0.25) is 0 Å². The predicted molar refractivity (Wildman–Crippen MR) is 57.1 cm³/mol. The molecule has 0 atom stereocenters. The van der Waals surface area contributed by atoms with Crippen molar-refractivity contribution < 1.29 is 9.90 Å². The molecule has 2 aromatic heterocycles. The largest absolute Gasteiger partial charge is 0.476 e. The predicted octanol–water partition coefficient (Wildman–Crippen LogP) is 2.88. The number of thiophene rings is 1. The second kappa shape index (κ2) is 3.51. The van der Waals surface area contributed by atoms with Crippen LogP contribution in [0.5, 0.6) is 0 Å². The Labute approximate surface area is 88.7 Å². The summed E-state index contributed by atoms with van der Waals surface area (Å²) < 4.78 is 0. The molecule has 0 spiro atoms. The first kappa shape index (κ1) is 9.36. The third-order valence-corrected chi connectivity index (χ3v) is 3.92. The summed E-state index contributed by atoms with van der Waals surface area (Å²) in [5, 5.41) is 10.9. The molecule has 0 fully saturated rings. The summed E-state index contributed by atoms with van der Waals surface area (Å²) in [6.45, 7) is 1.83. The zero-order valence-electron chi connectivity index (χ0n) is 7.35. The average molecular weight is 225 g/mol. The van der Waals surface area contributed by atoms with Gasteiger partial charge in [0.15, 0.2) is 0 Å². The van der Waals surface area contributed by atoms with Gasteiger partial charge in [0.05, 0.1) is 10.6 Å². The molecule has 3 nitrogen and oxygen atoms in total. The summed E-state index contributed by atoms with van der Waals surface area (Å²) in [5.74, 6) is -0.957. The van der Waals surface area contributed by atoms with Crippen molar-refractivity contribution in [2.45, 2.75) is 6.92 Å². The van der Waals surface area contributed by atoms with E-state index in [4.69, 9.17) is 5.11 Å². The number of carbonyl (C=O) groups is 1. The molecular formula is C9H7NO2S2. The lowest BCUT2D eigenvalue weighted by molar-refractivity contribution is 0.0696. The van der Waals surface area contributed by atoms with E-state index in [1.807, 2.05) is 24.4 Å². The van der Waals surface area contributed by atoms with Crippen LogP contribution in [-0.2, 0) is 0 Å². The van der Waals surface area contributed by atoms with E-state index in [9.17, 15) is 4.79 Å². The van der Waals surface area contributed by atoms with Gasteiger partial charge in [0, 0.05) is 4.88 Å². The first-order valence-electron chi connectivity index (χ1n) is 3.93. The summed E-state index contributed by atoms with van der Waals surface area (Å²) >= 11 is 2.82. The molecule has 0 aliphatic rings. The Morgan fingerprint density at radius 2 is 2.36 bits per heavy atom. The van der Waals surface area contributed by atoms with Crippen molar-refractivity contribution in [2.24, 2.45) is 0 Å². The molecule has 0 saturated carbocycles. The lowest BCUT2D eigenvalue weighted by Crippen LogP contribution is -1.93. The first-order chi connectivity index (χ1) is 6.68. The number of carboxylic acid groups (broad SMARTS) is 1. The number of rotatable bonds is 2. The number of aromatic carboxylic acids is 1. The van der Waals surface area contributed by atoms with Crippen LogP contribution in [-0.4, -0.2) is 16.1 Å². The van der Waals surface area contributed by atoms with Gasteiger partial charge in [0.1, 0.15) is 0 Å². The van der Waals surface area contributed by atoms with Crippen LogP contribution >= 0.6 is 22.7 Å². The van der Waals surface area contributed by atoms with Gasteiger partial charge in [-0.05, 0) is 18.4 Å². The summed E-state index contributed by atoms with van der Waals surface area (Å²) in [6, 6.07) is 3.91. The van der Waals surface area contributed by atoms with Crippen LogP contribution in [0, 0.1) is 6.92 Å². The molecule has 0 aromatic carbocycles. The Morgan fingerprint density at radius 3 is 2.86 bits per heavy atom. The molecule has 14 heavy (non-hydrogen) atoms. The number of hydrogen-bond acceptors (Lipinski definition) is 4. The van der Waals surface area contributed by atoms with Gasteiger partial charge < -0.3 is 5.11 Å². The maximum absolute atomic E-state index is 10.7. The van der Waals surface area contributed by atoms with Crippen LogP contribution in [0.1, 0.15) is 15.5 Å². The fourth-order valence-corrected chi connectivity index (χ4v) is 2.93. The minimum atomic E-state index is -0.957. The van der Waals surface area contributed by atoms with E-state index >= 15 is 0 Å². The minimum Gasteiger partial charge on any atom is -0.476 e. The second-order valence-corrected chi connectivity index (χ2v) is 4.66. The monoisotopic (exact) mass is 225 g/mol. The van der Waals surface area contributed by atoms with Gasteiger partial charge in [-0.1, -0.05) is 6.07 Å². The van der Waals surface area contributed by atoms with Gasteiger partial charge in [0.2, 0.25) is 5.01 Å². The van der Waals surface area contributed by atoms with Gasteiger partial charge in [-0.2, -0.15) is 0 Å². The zero-order chi connectivity index (χ0) is 10.1. The van der Waals surface area contributed by atoms with Gasteiger partial charge in [-0.25, -0.2) is 9.78 Å². The van der Waals surface area contributed by atoms with E-state index in [0.717, 1.165) is 15.4 Å². The Balaban J connectivity index is 2.50. The fraction of sp³-hybridized carbons (Fsp3) is 0.111. The van der Waals surface area contributed by atoms with E-state index in [2.05, 4.69) is 4.98 Å². The van der Waals surface area contributed by atoms with Crippen molar-refractivity contribution in [3.63, 3.8) is 0 Å². The molecule has 1 N–H and O–H groups in total. The molecule has 2 aromatic rings. The normalized spacial score (nSPS) is 10.4. The van der Waals surface area contributed by atoms with Gasteiger partial charge in [0.25, 0.3) is 0 Å².